The van der Waals surface area contributed by atoms with E-state index in [1.807, 2.05) is 41.4 Å². The molecule has 27 heavy (non-hydrogen) atoms. The van der Waals surface area contributed by atoms with Gasteiger partial charge in [-0.15, -0.1) is 0 Å². The number of aromatic nitrogens is 1. The first-order valence-corrected chi connectivity index (χ1v) is 9.29. The minimum absolute atomic E-state index is 0.0460. The second-order valence-corrected chi connectivity index (χ2v) is 7.14. The summed E-state index contributed by atoms with van der Waals surface area (Å²) in [4.78, 5) is 20.8. The average molecular weight is 361 g/mol. The molecule has 2 atom stereocenters. The molecule has 1 fully saturated rings. The van der Waals surface area contributed by atoms with E-state index >= 15 is 0 Å². The molecule has 1 saturated heterocycles. The van der Waals surface area contributed by atoms with E-state index in [0.717, 1.165) is 35.2 Å². The summed E-state index contributed by atoms with van der Waals surface area (Å²) in [5, 5.41) is 0. The number of rotatable bonds is 0. The minimum atomic E-state index is -0.127. The Morgan fingerprint density at radius 2 is 2.00 bits per heavy atom. The van der Waals surface area contributed by atoms with Crippen LogP contribution in [0.3, 0.4) is 0 Å². The SMILES string of the molecule is CN(C)C(=O)N1CCO[C@@H]2c3cc(C#Cc4ccccc4)cnc3CC[C@@H]21. The largest absolute Gasteiger partial charge is 0.369 e. The standard InChI is InChI=1S/C22H23N3O2/c1-24(2)22(26)25-12-13-27-21-18-14-17(9-8-16-6-4-3-5-7-16)15-23-19(18)10-11-20(21)25/h3-7,14-15,20-21H,10-13H2,1-2H3/t20-,21+/m0/s1. The molecule has 0 N–H and O–H groups in total. The quantitative estimate of drug-likeness (QED) is 0.678. The van der Waals surface area contributed by atoms with Gasteiger partial charge in [-0.05, 0) is 31.0 Å². The fraction of sp³-hybridized carbons (Fsp3) is 0.364. The molecule has 138 valence electrons. The molecule has 1 aliphatic heterocycles. The second-order valence-electron chi connectivity index (χ2n) is 7.14. The second kappa shape index (κ2) is 7.42. The Morgan fingerprint density at radius 1 is 1.22 bits per heavy atom. The summed E-state index contributed by atoms with van der Waals surface area (Å²) < 4.78 is 6.09. The van der Waals surface area contributed by atoms with Crippen LogP contribution in [0.1, 0.15) is 34.9 Å². The van der Waals surface area contributed by atoms with Crippen LogP contribution in [-0.2, 0) is 11.2 Å². The highest BCUT2D eigenvalue weighted by Crippen LogP contribution is 2.37. The number of amides is 2. The molecule has 0 radical (unpaired) electrons. The number of ether oxygens (including phenoxy) is 1. The third kappa shape index (κ3) is 3.54. The lowest BCUT2D eigenvalue weighted by atomic mass is 9.86. The van der Waals surface area contributed by atoms with E-state index in [2.05, 4.69) is 22.9 Å². The topological polar surface area (TPSA) is 45.7 Å². The van der Waals surface area contributed by atoms with Crippen molar-refractivity contribution >= 4 is 6.03 Å². The number of benzene rings is 1. The number of pyridine rings is 1. The summed E-state index contributed by atoms with van der Waals surface area (Å²) in [6.45, 7) is 1.18. The van der Waals surface area contributed by atoms with Crippen molar-refractivity contribution in [2.75, 3.05) is 27.2 Å². The van der Waals surface area contributed by atoms with Crippen LogP contribution >= 0.6 is 0 Å². The number of carbonyl (C=O) groups excluding carboxylic acids is 1. The Morgan fingerprint density at radius 3 is 2.78 bits per heavy atom. The number of hydrogen-bond donors (Lipinski definition) is 0. The zero-order chi connectivity index (χ0) is 18.8. The van der Waals surface area contributed by atoms with Gasteiger partial charge in [0.05, 0.1) is 12.6 Å². The third-order valence-electron chi connectivity index (χ3n) is 5.12. The van der Waals surface area contributed by atoms with Crippen LogP contribution in [0.15, 0.2) is 42.6 Å². The van der Waals surface area contributed by atoms with Crippen LogP contribution in [0.2, 0.25) is 0 Å². The average Bonchev–Trinajstić information content (AvgIpc) is 2.71. The summed E-state index contributed by atoms with van der Waals surface area (Å²) in [5.41, 5.74) is 3.98. The molecule has 1 aliphatic carbocycles. The van der Waals surface area contributed by atoms with Crippen LogP contribution in [0.25, 0.3) is 0 Å². The van der Waals surface area contributed by atoms with Crippen molar-refractivity contribution in [3.05, 3.63) is 65.0 Å². The van der Waals surface area contributed by atoms with Crippen molar-refractivity contribution in [3.8, 4) is 11.8 Å². The van der Waals surface area contributed by atoms with E-state index in [4.69, 9.17) is 4.74 Å². The van der Waals surface area contributed by atoms with Crippen molar-refractivity contribution in [1.29, 1.82) is 0 Å². The smallest absolute Gasteiger partial charge is 0.319 e. The van der Waals surface area contributed by atoms with Crippen LogP contribution in [0.5, 0.6) is 0 Å². The number of urea groups is 1. The normalized spacial score (nSPS) is 20.7. The highest BCUT2D eigenvalue weighted by molar-refractivity contribution is 5.74. The lowest BCUT2D eigenvalue weighted by Gasteiger charge is -2.44. The van der Waals surface area contributed by atoms with Gasteiger partial charge < -0.3 is 14.5 Å². The lowest BCUT2D eigenvalue weighted by Crippen LogP contribution is -2.54. The zero-order valence-electron chi connectivity index (χ0n) is 15.7. The summed E-state index contributed by atoms with van der Waals surface area (Å²) in [7, 11) is 3.59. The first kappa shape index (κ1) is 17.6. The molecule has 1 aromatic heterocycles. The van der Waals surface area contributed by atoms with E-state index in [1.54, 1.807) is 19.0 Å². The maximum absolute atomic E-state index is 12.5. The van der Waals surface area contributed by atoms with Crippen molar-refractivity contribution in [2.45, 2.75) is 25.0 Å². The highest BCUT2D eigenvalue weighted by atomic mass is 16.5. The summed E-state index contributed by atoms with van der Waals surface area (Å²) in [5.74, 6) is 6.38. The zero-order valence-corrected chi connectivity index (χ0v) is 15.7. The number of morpholine rings is 1. The molecule has 1 aromatic carbocycles. The van der Waals surface area contributed by atoms with Crippen molar-refractivity contribution in [1.82, 2.24) is 14.8 Å². The van der Waals surface area contributed by atoms with Gasteiger partial charge in [0.2, 0.25) is 0 Å². The van der Waals surface area contributed by atoms with Crippen LogP contribution in [-0.4, -0.2) is 54.1 Å². The van der Waals surface area contributed by atoms with Gasteiger partial charge in [-0.25, -0.2) is 4.79 Å². The lowest BCUT2D eigenvalue weighted by molar-refractivity contribution is -0.0664. The van der Waals surface area contributed by atoms with E-state index in [9.17, 15) is 4.79 Å². The Labute approximate surface area is 160 Å². The molecule has 0 spiro atoms. The predicted octanol–water partition coefficient (Wildman–Crippen LogP) is 2.85. The number of nitrogens with zero attached hydrogens (tertiary/aromatic N) is 3. The molecule has 2 heterocycles. The first-order valence-electron chi connectivity index (χ1n) is 9.29. The Bertz CT molecular complexity index is 899. The molecule has 5 nitrogen and oxygen atoms in total. The third-order valence-corrected chi connectivity index (χ3v) is 5.12. The first-order chi connectivity index (χ1) is 13.1. The Balaban J connectivity index is 1.63. The van der Waals surface area contributed by atoms with Crippen LogP contribution < -0.4 is 0 Å². The molecule has 2 aromatic rings. The molecule has 0 saturated carbocycles. The molecule has 0 bridgehead atoms. The molecule has 4 rings (SSSR count). The minimum Gasteiger partial charge on any atom is -0.369 e. The monoisotopic (exact) mass is 361 g/mol. The number of hydrogen-bond acceptors (Lipinski definition) is 3. The maximum Gasteiger partial charge on any atom is 0.319 e. The van der Waals surface area contributed by atoms with Gasteiger partial charge in [-0.1, -0.05) is 30.0 Å². The van der Waals surface area contributed by atoms with Crippen molar-refractivity contribution in [3.63, 3.8) is 0 Å². The fourth-order valence-electron chi connectivity index (χ4n) is 3.80. The number of aryl methyl sites for hydroxylation is 1. The van der Waals surface area contributed by atoms with E-state index in [0.29, 0.717) is 13.2 Å². The van der Waals surface area contributed by atoms with Crippen LogP contribution in [0, 0.1) is 11.8 Å². The van der Waals surface area contributed by atoms with E-state index < -0.39 is 0 Å². The molecular formula is C22H23N3O2. The van der Waals surface area contributed by atoms with E-state index in [1.165, 1.54) is 0 Å². The molecule has 0 unspecified atom stereocenters. The van der Waals surface area contributed by atoms with E-state index in [-0.39, 0.29) is 18.2 Å². The molecular weight excluding hydrogens is 338 g/mol. The summed E-state index contributed by atoms with van der Waals surface area (Å²) in [6.07, 6.45) is 3.43. The van der Waals surface area contributed by atoms with Gasteiger partial charge >= 0.3 is 6.03 Å². The van der Waals surface area contributed by atoms with Gasteiger partial charge in [-0.3, -0.25) is 4.98 Å². The van der Waals surface area contributed by atoms with Gasteiger partial charge in [0.1, 0.15) is 6.10 Å². The van der Waals surface area contributed by atoms with Crippen LogP contribution in [0.4, 0.5) is 4.79 Å². The summed E-state index contributed by atoms with van der Waals surface area (Å²) >= 11 is 0. The molecule has 5 heteroatoms. The summed E-state index contributed by atoms with van der Waals surface area (Å²) in [6, 6.07) is 12.1. The van der Waals surface area contributed by atoms with Gasteiger partial charge in [-0.2, -0.15) is 0 Å². The Kier molecular flexibility index (Phi) is 4.83. The Hall–Kier alpha value is -2.84. The molecule has 2 amide bonds. The van der Waals surface area contributed by atoms with Crippen molar-refractivity contribution in [2.24, 2.45) is 0 Å². The van der Waals surface area contributed by atoms with Gasteiger partial charge in [0.25, 0.3) is 0 Å². The molecule has 2 aliphatic rings. The van der Waals surface area contributed by atoms with Gasteiger partial charge in [0.15, 0.2) is 0 Å². The van der Waals surface area contributed by atoms with Crippen molar-refractivity contribution < 1.29 is 9.53 Å². The maximum atomic E-state index is 12.5. The number of carbonyl (C=O) groups is 1. The number of fused-ring (bicyclic) bond motifs is 3. The predicted molar refractivity (Wildman–Crippen MR) is 103 cm³/mol. The van der Waals surface area contributed by atoms with Gasteiger partial charge in [0, 0.05) is 49.2 Å². The fourth-order valence-corrected chi connectivity index (χ4v) is 3.80. The highest BCUT2D eigenvalue weighted by Gasteiger charge is 2.40.